The van der Waals surface area contributed by atoms with Crippen LogP contribution in [0.15, 0.2) is 29.2 Å². The van der Waals surface area contributed by atoms with E-state index < -0.39 is 27.8 Å². The molecule has 7 nitrogen and oxygen atoms in total. The molecule has 1 atom stereocenters. The second-order valence-corrected chi connectivity index (χ2v) is 10.0. The van der Waals surface area contributed by atoms with Crippen LogP contribution < -0.4 is 5.32 Å². The van der Waals surface area contributed by atoms with E-state index in [0.717, 1.165) is 12.8 Å². The van der Waals surface area contributed by atoms with Gasteiger partial charge < -0.3 is 10.1 Å². The van der Waals surface area contributed by atoms with Crippen molar-refractivity contribution in [3.05, 3.63) is 29.8 Å². The zero-order valence-corrected chi connectivity index (χ0v) is 17.3. The van der Waals surface area contributed by atoms with E-state index in [-0.39, 0.29) is 23.1 Å². The number of amides is 1. The summed E-state index contributed by atoms with van der Waals surface area (Å²) in [7, 11) is -2.27. The fraction of sp³-hybridized carbons (Fsp3) is 0.579. The maximum absolute atomic E-state index is 12.7. The van der Waals surface area contributed by atoms with Crippen molar-refractivity contribution in [3.8, 4) is 0 Å². The Bertz CT molecular complexity index is 792. The van der Waals surface area contributed by atoms with Crippen LogP contribution in [0.25, 0.3) is 0 Å². The molecule has 0 radical (unpaired) electrons. The van der Waals surface area contributed by atoms with Crippen molar-refractivity contribution >= 4 is 21.9 Å². The molecule has 0 aliphatic heterocycles. The maximum Gasteiger partial charge on any atom is 0.407 e. The van der Waals surface area contributed by atoms with E-state index in [2.05, 4.69) is 5.32 Å². The number of alkyl carbamates (subject to hydrolysis) is 1. The molecular formula is C19H28N2O5S. The summed E-state index contributed by atoms with van der Waals surface area (Å²) in [4.78, 5) is 23.9. The Kier molecular flexibility index (Phi) is 6.32. The van der Waals surface area contributed by atoms with Crippen LogP contribution in [0.5, 0.6) is 0 Å². The number of nitrogens with one attached hydrogen (secondary N) is 1. The van der Waals surface area contributed by atoms with Gasteiger partial charge in [-0.25, -0.2) is 13.2 Å². The third-order valence-electron chi connectivity index (χ3n) is 4.09. The monoisotopic (exact) mass is 396 g/mol. The molecule has 0 spiro atoms. The lowest BCUT2D eigenvalue weighted by Crippen LogP contribution is -2.44. The van der Waals surface area contributed by atoms with Gasteiger partial charge >= 0.3 is 6.09 Å². The van der Waals surface area contributed by atoms with Crippen LogP contribution in [0.4, 0.5) is 4.79 Å². The van der Waals surface area contributed by atoms with Gasteiger partial charge in [0, 0.05) is 31.1 Å². The van der Waals surface area contributed by atoms with Crippen LogP contribution in [0.1, 0.15) is 50.9 Å². The summed E-state index contributed by atoms with van der Waals surface area (Å²) in [6.45, 7) is 7.06. The molecule has 0 aromatic heterocycles. The first-order valence-electron chi connectivity index (χ1n) is 9.00. The van der Waals surface area contributed by atoms with Crippen molar-refractivity contribution in [1.82, 2.24) is 9.62 Å². The number of ether oxygens (including phenoxy) is 1. The Morgan fingerprint density at radius 1 is 1.22 bits per heavy atom. The SMILES string of the molecule is CC(CN(C)S(=O)(=O)c1ccc(C(=O)C2CC2)cc1)NC(=O)OC(C)(C)C. The average Bonchev–Trinajstić information content (AvgIpc) is 3.36. The third kappa shape index (κ3) is 6.04. The second-order valence-electron chi connectivity index (χ2n) is 8.00. The first kappa shape index (κ1) is 21.4. The summed E-state index contributed by atoms with van der Waals surface area (Å²) in [5, 5.41) is 2.62. The van der Waals surface area contributed by atoms with Gasteiger partial charge in [0.15, 0.2) is 5.78 Å². The molecule has 1 aliphatic carbocycles. The number of hydrogen-bond acceptors (Lipinski definition) is 5. The van der Waals surface area contributed by atoms with E-state index in [0.29, 0.717) is 5.56 Å². The number of benzene rings is 1. The summed E-state index contributed by atoms with van der Waals surface area (Å²) in [6, 6.07) is 5.59. The molecule has 0 saturated heterocycles. The number of likely N-dealkylation sites (N-methyl/N-ethyl adjacent to an activating group) is 1. The minimum Gasteiger partial charge on any atom is -0.444 e. The van der Waals surface area contributed by atoms with E-state index in [1.165, 1.54) is 23.5 Å². The number of Topliss-reactive ketones (excluding diaryl/α,β-unsaturated/α-hetero) is 1. The fourth-order valence-corrected chi connectivity index (χ4v) is 3.85. The molecule has 150 valence electrons. The van der Waals surface area contributed by atoms with Crippen LogP contribution in [-0.4, -0.2) is 49.8 Å². The predicted molar refractivity (Wildman–Crippen MR) is 102 cm³/mol. The smallest absolute Gasteiger partial charge is 0.407 e. The molecule has 1 saturated carbocycles. The minimum absolute atomic E-state index is 0.0717. The third-order valence-corrected chi connectivity index (χ3v) is 5.93. The molecule has 1 aliphatic rings. The van der Waals surface area contributed by atoms with E-state index in [1.807, 2.05) is 0 Å². The van der Waals surface area contributed by atoms with Crippen molar-refractivity contribution in [2.45, 2.75) is 57.1 Å². The lowest BCUT2D eigenvalue weighted by atomic mass is 10.1. The highest BCUT2D eigenvalue weighted by Crippen LogP contribution is 2.32. The van der Waals surface area contributed by atoms with Crippen LogP contribution >= 0.6 is 0 Å². The van der Waals surface area contributed by atoms with Crippen LogP contribution in [0.3, 0.4) is 0 Å². The highest BCUT2D eigenvalue weighted by Gasteiger charge is 2.31. The van der Waals surface area contributed by atoms with Gasteiger partial charge in [0.2, 0.25) is 10.0 Å². The predicted octanol–water partition coefficient (Wildman–Crippen LogP) is 2.81. The largest absolute Gasteiger partial charge is 0.444 e. The molecule has 1 N–H and O–H groups in total. The highest BCUT2D eigenvalue weighted by molar-refractivity contribution is 7.89. The number of carbonyl (C=O) groups is 2. The van der Waals surface area contributed by atoms with Crippen molar-refractivity contribution < 1.29 is 22.7 Å². The Morgan fingerprint density at radius 2 is 1.78 bits per heavy atom. The summed E-state index contributed by atoms with van der Waals surface area (Å²) in [5.74, 6) is 0.164. The number of nitrogens with zero attached hydrogens (tertiary/aromatic N) is 1. The van der Waals surface area contributed by atoms with Gasteiger partial charge in [-0.3, -0.25) is 4.79 Å². The summed E-state index contributed by atoms with van der Waals surface area (Å²) in [5.41, 5.74) is -0.0828. The van der Waals surface area contributed by atoms with E-state index in [9.17, 15) is 18.0 Å². The average molecular weight is 397 g/mol. The second kappa shape index (κ2) is 7.98. The molecule has 1 amide bonds. The van der Waals surface area contributed by atoms with Gasteiger partial charge in [-0.2, -0.15) is 4.31 Å². The Hall–Kier alpha value is -1.93. The van der Waals surface area contributed by atoms with Gasteiger partial charge in [0.05, 0.1) is 4.90 Å². The van der Waals surface area contributed by atoms with Crippen LogP contribution in [0, 0.1) is 5.92 Å². The molecule has 0 bridgehead atoms. The van der Waals surface area contributed by atoms with E-state index in [4.69, 9.17) is 4.74 Å². The molecule has 1 fully saturated rings. The number of sulfonamides is 1. The van der Waals surface area contributed by atoms with Gasteiger partial charge in [-0.1, -0.05) is 12.1 Å². The number of carbonyl (C=O) groups excluding carboxylic acids is 2. The van der Waals surface area contributed by atoms with Crippen molar-refractivity contribution in [2.24, 2.45) is 5.92 Å². The molecule has 0 heterocycles. The molecule has 8 heteroatoms. The van der Waals surface area contributed by atoms with E-state index in [1.54, 1.807) is 39.8 Å². The molecule has 2 rings (SSSR count). The Labute approximate surface area is 161 Å². The number of hydrogen-bond donors (Lipinski definition) is 1. The van der Waals surface area contributed by atoms with E-state index >= 15 is 0 Å². The topological polar surface area (TPSA) is 92.8 Å². The summed E-state index contributed by atoms with van der Waals surface area (Å²) >= 11 is 0. The molecule has 1 unspecified atom stereocenters. The Balaban J connectivity index is 1.98. The quantitative estimate of drug-likeness (QED) is 0.716. The highest BCUT2D eigenvalue weighted by atomic mass is 32.2. The fourth-order valence-electron chi connectivity index (χ4n) is 2.59. The standard InChI is InChI=1S/C19H28N2O5S/c1-13(20-18(23)26-19(2,3)4)12-21(5)27(24,25)16-10-8-15(9-11-16)17(22)14-6-7-14/h8-11,13-14H,6-7,12H2,1-5H3,(H,20,23). The van der Waals surface area contributed by atoms with Crippen LogP contribution in [0.2, 0.25) is 0 Å². The molecular weight excluding hydrogens is 368 g/mol. The summed E-state index contributed by atoms with van der Waals surface area (Å²) < 4.78 is 31.8. The normalized spacial score (nSPS) is 16.1. The molecule has 1 aromatic carbocycles. The lowest BCUT2D eigenvalue weighted by Gasteiger charge is -2.24. The van der Waals surface area contributed by atoms with Crippen molar-refractivity contribution in [3.63, 3.8) is 0 Å². The number of rotatable bonds is 7. The van der Waals surface area contributed by atoms with Gasteiger partial charge in [0.1, 0.15) is 5.60 Å². The lowest BCUT2D eigenvalue weighted by molar-refractivity contribution is 0.0504. The zero-order valence-electron chi connectivity index (χ0n) is 16.5. The number of ketones is 1. The van der Waals surface area contributed by atoms with Crippen molar-refractivity contribution in [1.29, 1.82) is 0 Å². The molecule has 27 heavy (non-hydrogen) atoms. The van der Waals surface area contributed by atoms with Gasteiger partial charge in [0.25, 0.3) is 0 Å². The zero-order chi connectivity index (χ0) is 20.4. The first-order chi connectivity index (χ1) is 12.4. The first-order valence-corrected chi connectivity index (χ1v) is 10.4. The maximum atomic E-state index is 12.7. The Morgan fingerprint density at radius 3 is 2.26 bits per heavy atom. The summed E-state index contributed by atoms with van der Waals surface area (Å²) in [6.07, 6.45) is 1.22. The van der Waals surface area contributed by atoms with Gasteiger partial charge in [-0.15, -0.1) is 0 Å². The molecule has 1 aromatic rings. The van der Waals surface area contributed by atoms with Crippen LogP contribution in [-0.2, 0) is 14.8 Å². The minimum atomic E-state index is -3.72. The van der Waals surface area contributed by atoms with Gasteiger partial charge in [-0.05, 0) is 52.7 Å². The van der Waals surface area contributed by atoms with Crippen molar-refractivity contribution in [2.75, 3.05) is 13.6 Å².